The third-order valence-corrected chi connectivity index (χ3v) is 4.25. The number of carbonyl (C=O) groups is 2. The van der Waals surface area contributed by atoms with Gasteiger partial charge in [-0.2, -0.15) is 0 Å². The van der Waals surface area contributed by atoms with Crippen LogP contribution in [0.2, 0.25) is 0 Å². The molecule has 0 bridgehead atoms. The molecule has 1 aliphatic heterocycles. The highest BCUT2D eigenvalue weighted by molar-refractivity contribution is 5.86. The Labute approximate surface area is 140 Å². The highest BCUT2D eigenvalue weighted by Crippen LogP contribution is 2.46. The number of carbonyl (C=O) groups excluding carboxylic acids is 2. The van der Waals surface area contributed by atoms with Crippen LogP contribution in [-0.4, -0.2) is 19.2 Å². The van der Waals surface area contributed by atoms with E-state index in [0.717, 1.165) is 5.56 Å². The highest BCUT2D eigenvalue weighted by atomic mass is 16.8. The molecule has 0 N–H and O–H groups in total. The Bertz CT molecular complexity index is 781. The highest BCUT2D eigenvalue weighted by Gasteiger charge is 2.54. The number of hydrogen-bond donors (Lipinski definition) is 0. The normalized spacial score (nSPS) is 21.4. The summed E-state index contributed by atoms with van der Waals surface area (Å²) in [6, 6.07) is 16.2. The molecule has 5 heteroatoms. The molecule has 0 aliphatic carbocycles. The van der Waals surface area contributed by atoms with E-state index in [1.54, 1.807) is 44.2 Å². The van der Waals surface area contributed by atoms with Crippen LogP contribution in [0.3, 0.4) is 0 Å². The summed E-state index contributed by atoms with van der Waals surface area (Å²) in [7, 11) is 1.21. The summed E-state index contributed by atoms with van der Waals surface area (Å²) >= 11 is 0. The minimum Gasteiger partial charge on any atom is -0.438 e. The minimum atomic E-state index is -1.67. The van der Waals surface area contributed by atoms with E-state index < -0.39 is 23.3 Å². The Balaban J connectivity index is 2.29. The molecule has 1 atom stereocenters. The second-order valence-electron chi connectivity index (χ2n) is 6.10. The first-order valence-corrected chi connectivity index (χ1v) is 7.58. The first-order valence-electron chi connectivity index (χ1n) is 7.58. The molecular formula is C19H18O5. The molecule has 3 rings (SSSR count). The predicted molar refractivity (Wildman–Crippen MR) is 86.3 cm³/mol. The van der Waals surface area contributed by atoms with Gasteiger partial charge in [0.25, 0.3) is 0 Å². The van der Waals surface area contributed by atoms with Crippen LogP contribution in [-0.2, 0) is 30.2 Å². The van der Waals surface area contributed by atoms with Crippen LogP contribution in [0, 0.1) is 0 Å². The summed E-state index contributed by atoms with van der Waals surface area (Å²) in [6.07, 6.45) is -0.929. The monoisotopic (exact) mass is 326 g/mol. The van der Waals surface area contributed by atoms with Gasteiger partial charge in [-0.05, 0) is 19.4 Å². The molecule has 1 aliphatic rings. The first-order chi connectivity index (χ1) is 11.4. The number of fused-ring (bicyclic) bond motifs is 1. The van der Waals surface area contributed by atoms with Gasteiger partial charge in [-0.25, -0.2) is 4.79 Å². The van der Waals surface area contributed by atoms with Crippen LogP contribution in [0.25, 0.3) is 0 Å². The van der Waals surface area contributed by atoms with Crippen molar-refractivity contribution in [3.05, 3.63) is 71.3 Å². The standard InChI is InChI=1S/C19H18O5/c1-18(2)14-11-7-8-12-15(14)19(23-16(18)20,24-17(21)22-3)13-9-5-4-6-10-13/h4-12H,1-3H3. The summed E-state index contributed by atoms with van der Waals surface area (Å²) < 4.78 is 15.9. The van der Waals surface area contributed by atoms with Gasteiger partial charge in [-0.3, -0.25) is 4.79 Å². The summed E-state index contributed by atoms with van der Waals surface area (Å²) in [6.45, 7) is 3.56. The lowest BCUT2D eigenvalue weighted by Gasteiger charge is -2.42. The Morgan fingerprint density at radius 1 is 0.958 bits per heavy atom. The fourth-order valence-corrected chi connectivity index (χ4v) is 2.90. The lowest BCUT2D eigenvalue weighted by molar-refractivity contribution is -0.213. The molecule has 1 unspecified atom stereocenters. The van der Waals surface area contributed by atoms with Crippen molar-refractivity contribution < 1.29 is 23.8 Å². The number of rotatable bonds is 2. The maximum absolute atomic E-state index is 12.7. The van der Waals surface area contributed by atoms with E-state index in [2.05, 4.69) is 4.74 Å². The van der Waals surface area contributed by atoms with Gasteiger partial charge in [0.15, 0.2) is 0 Å². The summed E-state index contributed by atoms with van der Waals surface area (Å²) in [5.41, 5.74) is 1.03. The Hall–Kier alpha value is -2.82. The lowest BCUT2D eigenvalue weighted by Crippen LogP contribution is -2.49. The second-order valence-corrected chi connectivity index (χ2v) is 6.10. The van der Waals surface area contributed by atoms with Crippen LogP contribution >= 0.6 is 0 Å². The third kappa shape index (κ3) is 2.33. The topological polar surface area (TPSA) is 61.8 Å². The number of esters is 1. The van der Waals surface area contributed by atoms with E-state index in [9.17, 15) is 9.59 Å². The fraction of sp³-hybridized carbons (Fsp3) is 0.263. The zero-order chi connectivity index (χ0) is 17.4. The van der Waals surface area contributed by atoms with Crippen molar-refractivity contribution in [3.63, 3.8) is 0 Å². The maximum atomic E-state index is 12.7. The molecular weight excluding hydrogens is 308 g/mol. The van der Waals surface area contributed by atoms with Crippen LogP contribution in [0.5, 0.6) is 0 Å². The number of hydrogen-bond acceptors (Lipinski definition) is 5. The van der Waals surface area contributed by atoms with Gasteiger partial charge in [0, 0.05) is 11.1 Å². The van der Waals surface area contributed by atoms with Crippen LogP contribution in [0.15, 0.2) is 54.6 Å². The van der Waals surface area contributed by atoms with Gasteiger partial charge in [0.1, 0.15) is 0 Å². The Morgan fingerprint density at radius 2 is 1.54 bits per heavy atom. The average Bonchev–Trinajstić information content (AvgIpc) is 2.60. The lowest BCUT2D eigenvalue weighted by atomic mass is 9.76. The van der Waals surface area contributed by atoms with Crippen molar-refractivity contribution in [3.8, 4) is 0 Å². The maximum Gasteiger partial charge on any atom is 0.511 e. The second kappa shape index (κ2) is 5.67. The summed E-state index contributed by atoms with van der Waals surface area (Å²) in [5.74, 6) is -2.15. The molecule has 1 heterocycles. The molecule has 0 saturated carbocycles. The number of ether oxygens (including phenoxy) is 3. The summed E-state index contributed by atoms with van der Waals surface area (Å²) in [5, 5.41) is 0. The molecule has 0 aromatic heterocycles. The van der Waals surface area contributed by atoms with E-state index in [1.807, 2.05) is 24.3 Å². The number of benzene rings is 2. The van der Waals surface area contributed by atoms with Gasteiger partial charge in [0.2, 0.25) is 0 Å². The number of cyclic esters (lactones) is 1. The predicted octanol–water partition coefficient (Wildman–Crippen LogP) is 3.51. The van der Waals surface area contributed by atoms with Crippen LogP contribution in [0.4, 0.5) is 4.79 Å². The van der Waals surface area contributed by atoms with E-state index in [0.29, 0.717) is 11.1 Å². The fourth-order valence-electron chi connectivity index (χ4n) is 2.90. The molecule has 5 nitrogen and oxygen atoms in total. The molecule has 0 saturated heterocycles. The number of methoxy groups -OCH3 is 1. The third-order valence-electron chi connectivity index (χ3n) is 4.25. The molecule has 24 heavy (non-hydrogen) atoms. The molecule has 0 fully saturated rings. The van der Waals surface area contributed by atoms with Crippen molar-refractivity contribution in [2.45, 2.75) is 25.0 Å². The van der Waals surface area contributed by atoms with Gasteiger partial charge in [-0.1, -0.05) is 54.6 Å². The van der Waals surface area contributed by atoms with Crippen molar-refractivity contribution in [1.82, 2.24) is 0 Å². The smallest absolute Gasteiger partial charge is 0.438 e. The molecule has 0 amide bonds. The van der Waals surface area contributed by atoms with Crippen molar-refractivity contribution >= 4 is 12.1 Å². The van der Waals surface area contributed by atoms with Crippen molar-refractivity contribution in [1.29, 1.82) is 0 Å². The van der Waals surface area contributed by atoms with E-state index in [4.69, 9.17) is 9.47 Å². The quantitative estimate of drug-likeness (QED) is 0.790. The zero-order valence-electron chi connectivity index (χ0n) is 13.7. The Kier molecular flexibility index (Phi) is 3.79. The first kappa shape index (κ1) is 16.1. The molecule has 0 spiro atoms. The average molecular weight is 326 g/mol. The Morgan fingerprint density at radius 3 is 2.17 bits per heavy atom. The van der Waals surface area contributed by atoms with Crippen molar-refractivity contribution in [2.24, 2.45) is 0 Å². The van der Waals surface area contributed by atoms with Crippen LogP contribution in [0.1, 0.15) is 30.5 Å². The van der Waals surface area contributed by atoms with Gasteiger partial charge >= 0.3 is 17.9 Å². The largest absolute Gasteiger partial charge is 0.511 e. The molecule has 0 radical (unpaired) electrons. The van der Waals surface area contributed by atoms with Gasteiger partial charge in [0.05, 0.1) is 12.5 Å². The van der Waals surface area contributed by atoms with E-state index in [1.165, 1.54) is 7.11 Å². The SMILES string of the molecule is COC(=O)OC1(c2ccccc2)OC(=O)C(C)(C)c2ccccc21. The molecule has 124 valence electrons. The zero-order valence-corrected chi connectivity index (χ0v) is 13.7. The molecule has 2 aromatic rings. The minimum absolute atomic E-state index is 0.478. The van der Waals surface area contributed by atoms with Crippen molar-refractivity contribution in [2.75, 3.05) is 7.11 Å². The molecule has 2 aromatic carbocycles. The summed E-state index contributed by atoms with van der Waals surface area (Å²) in [4.78, 5) is 24.6. The van der Waals surface area contributed by atoms with Gasteiger partial charge in [-0.15, -0.1) is 0 Å². The van der Waals surface area contributed by atoms with E-state index >= 15 is 0 Å². The van der Waals surface area contributed by atoms with Gasteiger partial charge < -0.3 is 14.2 Å². The van der Waals surface area contributed by atoms with E-state index in [-0.39, 0.29) is 0 Å². The van der Waals surface area contributed by atoms with Crippen LogP contribution < -0.4 is 0 Å².